The van der Waals surface area contributed by atoms with Crippen molar-refractivity contribution in [2.45, 2.75) is 6.61 Å². The monoisotopic (exact) mass is 281 g/mol. The number of hydrogen-bond acceptors (Lipinski definition) is 3. The van der Waals surface area contributed by atoms with E-state index < -0.39 is 0 Å². The van der Waals surface area contributed by atoms with E-state index in [-0.39, 0.29) is 5.78 Å². The lowest BCUT2D eigenvalue weighted by Gasteiger charge is -2.07. The molecule has 0 spiro atoms. The molecular weight excluding hydrogens is 262 g/mol. The average Bonchev–Trinajstić information content (AvgIpc) is 2.52. The third-order valence-corrected chi connectivity index (χ3v) is 2.89. The van der Waals surface area contributed by atoms with Crippen molar-refractivity contribution in [2.75, 3.05) is 14.1 Å². The quantitative estimate of drug-likeness (QED) is 0.599. The highest BCUT2D eigenvalue weighted by atomic mass is 16.5. The molecule has 0 amide bonds. The molecule has 0 radical (unpaired) electrons. The topological polar surface area (TPSA) is 29.5 Å². The van der Waals surface area contributed by atoms with Crippen LogP contribution in [0.2, 0.25) is 0 Å². The molecule has 0 aliphatic heterocycles. The van der Waals surface area contributed by atoms with Gasteiger partial charge in [-0.2, -0.15) is 0 Å². The van der Waals surface area contributed by atoms with Gasteiger partial charge in [0.2, 0.25) is 0 Å². The third kappa shape index (κ3) is 4.80. The van der Waals surface area contributed by atoms with E-state index in [1.54, 1.807) is 24.4 Å². The molecule has 2 rings (SSSR count). The first-order valence-corrected chi connectivity index (χ1v) is 6.81. The van der Waals surface area contributed by atoms with Crippen LogP contribution >= 0.6 is 0 Å². The van der Waals surface area contributed by atoms with Gasteiger partial charge in [0, 0.05) is 31.9 Å². The molecule has 0 unspecified atom stereocenters. The van der Waals surface area contributed by atoms with Gasteiger partial charge in [-0.15, -0.1) is 0 Å². The molecule has 0 saturated carbocycles. The van der Waals surface area contributed by atoms with Crippen molar-refractivity contribution in [2.24, 2.45) is 0 Å². The van der Waals surface area contributed by atoms with Crippen molar-refractivity contribution < 1.29 is 9.53 Å². The zero-order chi connectivity index (χ0) is 15.1. The van der Waals surface area contributed by atoms with E-state index in [4.69, 9.17) is 4.74 Å². The number of carbonyl (C=O) groups is 1. The maximum atomic E-state index is 12.0. The molecule has 0 aromatic heterocycles. The number of ketones is 1. The molecule has 0 bridgehead atoms. The third-order valence-electron chi connectivity index (χ3n) is 2.89. The van der Waals surface area contributed by atoms with Crippen molar-refractivity contribution in [3.05, 3.63) is 78.0 Å². The summed E-state index contributed by atoms with van der Waals surface area (Å²) in [7, 11) is 3.76. The summed E-state index contributed by atoms with van der Waals surface area (Å²) < 4.78 is 5.72. The number of nitrogens with zero attached hydrogens (tertiary/aromatic N) is 1. The Balaban J connectivity index is 2.02. The summed E-state index contributed by atoms with van der Waals surface area (Å²) in [6.45, 7) is 0.492. The van der Waals surface area contributed by atoms with E-state index in [9.17, 15) is 4.79 Å². The summed E-state index contributed by atoms with van der Waals surface area (Å²) >= 11 is 0. The van der Waals surface area contributed by atoms with Crippen LogP contribution in [-0.4, -0.2) is 24.8 Å². The maximum Gasteiger partial charge on any atom is 0.187 e. The Morgan fingerprint density at radius 1 is 1.10 bits per heavy atom. The summed E-state index contributed by atoms with van der Waals surface area (Å²) in [6.07, 6.45) is 3.29. The van der Waals surface area contributed by atoms with Gasteiger partial charge in [-0.1, -0.05) is 42.5 Å². The molecule has 0 saturated heterocycles. The van der Waals surface area contributed by atoms with Gasteiger partial charge in [0.15, 0.2) is 5.78 Å². The Kier molecular flexibility index (Phi) is 5.16. The van der Waals surface area contributed by atoms with Crippen LogP contribution in [0.3, 0.4) is 0 Å². The molecule has 0 N–H and O–H groups in total. The maximum absolute atomic E-state index is 12.0. The molecule has 108 valence electrons. The van der Waals surface area contributed by atoms with Crippen LogP contribution in [0.1, 0.15) is 15.9 Å². The van der Waals surface area contributed by atoms with Crippen molar-refractivity contribution >= 4 is 5.78 Å². The van der Waals surface area contributed by atoms with Crippen molar-refractivity contribution in [3.63, 3.8) is 0 Å². The van der Waals surface area contributed by atoms with Crippen LogP contribution in [-0.2, 0) is 6.61 Å². The molecule has 0 aliphatic rings. The first-order chi connectivity index (χ1) is 10.1. The predicted octanol–water partition coefficient (Wildman–Crippen LogP) is 3.52. The summed E-state index contributed by atoms with van der Waals surface area (Å²) in [5.41, 5.74) is 1.72. The van der Waals surface area contributed by atoms with E-state index in [1.807, 2.05) is 61.5 Å². The fourth-order valence-electron chi connectivity index (χ4n) is 1.79. The Bertz CT molecular complexity index is 618. The van der Waals surface area contributed by atoms with Crippen LogP contribution in [0.4, 0.5) is 0 Å². The van der Waals surface area contributed by atoms with Crippen LogP contribution < -0.4 is 4.74 Å². The molecule has 3 heteroatoms. The second-order valence-electron chi connectivity index (χ2n) is 4.95. The Morgan fingerprint density at radius 2 is 1.86 bits per heavy atom. The van der Waals surface area contributed by atoms with Crippen LogP contribution in [0.5, 0.6) is 5.75 Å². The van der Waals surface area contributed by atoms with Gasteiger partial charge in [0.25, 0.3) is 0 Å². The summed E-state index contributed by atoms with van der Waals surface area (Å²) in [6, 6.07) is 17.2. The largest absolute Gasteiger partial charge is 0.489 e. The Morgan fingerprint density at radius 3 is 2.57 bits per heavy atom. The van der Waals surface area contributed by atoms with Gasteiger partial charge in [0.05, 0.1) is 0 Å². The SMILES string of the molecule is CN(C)/C=C/C(=O)c1cccc(OCc2ccccc2)c1. The fraction of sp³-hybridized carbons (Fsp3) is 0.167. The first-order valence-electron chi connectivity index (χ1n) is 6.81. The van der Waals surface area contributed by atoms with Gasteiger partial charge in [-0.3, -0.25) is 4.79 Å². The van der Waals surface area contributed by atoms with E-state index >= 15 is 0 Å². The molecule has 0 atom stereocenters. The van der Waals surface area contributed by atoms with Gasteiger partial charge in [-0.25, -0.2) is 0 Å². The minimum atomic E-state index is -0.0335. The molecule has 2 aromatic carbocycles. The molecular formula is C18H19NO2. The number of benzene rings is 2. The van der Waals surface area contributed by atoms with Crippen molar-refractivity contribution in [1.82, 2.24) is 4.90 Å². The second-order valence-corrected chi connectivity index (χ2v) is 4.95. The number of carbonyl (C=O) groups excluding carboxylic acids is 1. The lowest BCUT2D eigenvalue weighted by molar-refractivity contribution is 0.104. The highest BCUT2D eigenvalue weighted by molar-refractivity contribution is 6.04. The minimum absolute atomic E-state index is 0.0335. The van der Waals surface area contributed by atoms with Crippen LogP contribution in [0.15, 0.2) is 66.9 Å². The summed E-state index contributed by atoms with van der Waals surface area (Å²) in [5, 5.41) is 0. The van der Waals surface area contributed by atoms with E-state index in [2.05, 4.69) is 0 Å². The normalized spacial score (nSPS) is 10.6. The molecule has 21 heavy (non-hydrogen) atoms. The number of rotatable bonds is 6. The number of ether oxygens (including phenoxy) is 1. The number of allylic oxidation sites excluding steroid dienone is 1. The van der Waals surface area contributed by atoms with E-state index in [0.29, 0.717) is 17.9 Å². The van der Waals surface area contributed by atoms with Crippen LogP contribution in [0.25, 0.3) is 0 Å². The first kappa shape index (κ1) is 14.9. The van der Waals surface area contributed by atoms with Crippen molar-refractivity contribution in [1.29, 1.82) is 0 Å². The zero-order valence-corrected chi connectivity index (χ0v) is 12.3. The zero-order valence-electron chi connectivity index (χ0n) is 12.3. The Hall–Kier alpha value is -2.55. The van der Waals surface area contributed by atoms with Gasteiger partial charge < -0.3 is 9.64 Å². The average molecular weight is 281 g/mol. The van der Waals surface area contributed by atoms with Crippen molar-refractivity contribution in [3.8, 4) is 5.75 Å². The van der Waals surface area contributed by atoms with Gasteiger partial charge >= 0.3 is 0 Å². The lowest BCUT2D eigenvalue weighted by atomic mass is 10.1. The molecule has 2 aromatic rings. The predicted molar refractivity (Wildman–Crippen MR) is 84.4 cm³/mol. The minimum Gasteiger partial charge on any atom is -0.489 e. The smallest absolute Gasteiger partial charge is 0.187 e. The van der Waals surface area contributed by atoms with E-state index in [0.717, 1.165) is 5.56 Å². The fourth-order valence-corrected chi connectivity index (χ4v) is 1.79. The van der Waals surface area contributed by atoms with Gasteiger partial charge in [0.1, 0.15) is 12.4 Å². The molecule has 3 nitrogen and oxygen atoms in total. The van der Waals surface area contributed by atoms with E-state index in [1.165, 1.54) is 0 Å². The molecule has 0 fully saturated rings. The highest BCUT2D eigenvalue weighted by Crippen LogP contribution is 2.16. The summed E-state index contributed by atoms with van der Waals surface area (Å²) in [5.74, 6) is 0.664. The standard InChI is InChI=1S/C18H19NO2/c1-19(2)12-11-18(20)16-9-6-10-17(13-16)21-14-15-7-4-3-5-8-15/h3-13H,14H2,1-2H3/b12-11+. The lowest BCUT2D eigenvalue weighted by Crippen LogP contribution is -2.03. The second kappa shape index (κ2) is 7.29. The number of hydrogen-bond donors (Lipinski definition) is 0. The molecule has 0 aliphatic carbocycles. The summed E-state index contributed by atoms with van der Waals surface area (Å²) in [4.78, 5) is 13.8. The Labute approximate surface area is 125 Å². The van der Waals surface area contributed by atoms with Gasteiger partial charge in [-0.05, 0) is 17.7 Å². The molecule has 0 heterocycles. The van der Waals surface area contributed by atoms with Crippen LogP contribution in [0, 0.1) is 0 Å². The highest BCUT2D eigenvalue weighted by Gasteiger charge is 2.04.